The summed E-state index contributed by atoms with van der Waals surface area (Å²) in [5.41, 5.74) is 10.4. The van der Waals surface area contributed by atoms with Crippen molar-refractivity contribution in [1.82, 2.24) is 0 Å². The van der Waals surface area contributed by atoms with Crippen molar-refractivity contribution in [3.63, 3.8) is 0 Å². The maximum Gasteiger partial charge on any atom is 0.0154 e. The van der Waals surface area contributed by atoms with Gasteiger partial charge < -0.3 is 5.73 Å². The van der Waals surface area contributed by atoms with Gasteiger partial charge in [0, 0.05) is 15.8 Å². The Morgan fingerprint density at radius 2 is 1.90 bits per heavy atom. The van der Waals surface area contributed by atoms with E-state index in [4.69, 9.17) is 5.73 Å². The Morgan fingerprint density at radius 1 is 1.10 bits per heavy atom. The molecule has 0 radical (unpaired) electrons. The van der Waals surface area contributed by atoms with E-state index in [1.807, 2.05) is 11.8 Å². The lowest BCUT2D eigenvalue weighted by molar-refractivity contribution is 0.729. The SMILES string of the molecule is CC(N)Cc1ccccc1Sc1ccc2c(c1)CCC2. The van der Waals surface area contributed by atoms with Crippen molar-refractivity contribution < 1.29 is 0 Å². The molecule has 1 aliphatic rings. The molecule has 1 unspecified atom stereocenters. The second kappa shape index (κ2) is 6.02. The summed E-state index contributed by atoms with van der Waals surface area (Å²) < 4.78 is 0. The van der Waals surface area contributed by atoms with E-state index >= 15 is 0 Å². The van der Waals surface area contributed by atoms with Crippen LogP contribution in [0.1, 0.15) is 30.0 Å². The molecule has 3 rings (SSSR count). The molecule has 0 saturated carbocycles. The molecule has 2 heteroatoms. The summed E-state index contributed by atoms with van der Waals surface area (Å²) in [6.07, 6.45) is 4.74. The minimum absolute atomic E-state index is 0.205. The third kappa shape index (κ3) is 3.08. The summed E-state index contributed by atoms with van der Waals surface area (Å²) in [7, 11) is 0. The highest BCUT2D eigenvalue weighted by molar-refractivity contribution is 7.99. The van der Waals surface area contributed by atoms with Gasteiger partial charge in [0.25, 0.3) is 0 Å². The summed E-state index contributed by atoms with van der Waals surface area (Å²) in [5, 5.41) is 0. The van der Waals surface area contributed by atoms with Crippen LogP contribution >= 0.6 is 11.8 Å². The van der Waals surface area contributed by atoms with E-state index < -0.39 is 0 Å². The quantitative estimate of drug-likeness (QED) is 0.909. The maximum atomic E-state index is 5.95. The van der Waals surface area contributed by atoms with Gasteiger partial charge in [-0.15, -0.1) is 0 Å². The smallest absolute Gasteiger partial charge is 0.0154 e. The normalized spacial score (nSPS) is 15.1. The molecule has 104 valence electrons. The molecule has 1 nitrogen and oxygen atoms in total. The van der Waals surface area contributed by atoms with Crippen LogP contribution in [0.25, 0.3) is 0 Å². The van der Waals surface area contributed by atoms with Crippen molar-refractivity contribution in [1.29, 1.82) is 0 Å². The van der Waals surface area contributed by atoms with E-state index in [2.05, 4.69) is 49.4 Å². The monoisotopic (exact) mass is 283 g/mol. The molecule has 0 aromatic heterocycles. The topological polar surface area (TPSA) is 26.0 Å². The molecule has 2 N–H and O–H groups in total. The molecule has 1 atom stereocenters. The first kappa shape index (κ1) is 13.7. The van der Waals surface area contributed by atoms with Crippen LogP contribution in [0.15, 0.2) is 52.3 Å². The lowest BCUT2D eigenvalue weighted by atomic mass is 10.1. The predicted octanol–water partition coefficient (Wildman–Crippen LogP) is 4.22. The average molecular weight is 283 g/mol. The molecule has 0 aliphatic heterocycles. The van der Waals surface area contributed by atoms with E-state index in [0.29, 0.717) is 0 Å². The van der Waals surface area contributed by atoms with E-state index in [0.717, 1.165) is 6.42 Å². The first-order valence-corrected chi connectivity index (χ1v) is 8.17. The summed E-state index contributed by atoms with van der Waals surface area (Å²) in [5.74, 6) is 0. The Kier molecular flexibility index (Phi) is 4.13. The molecule has 20 heavy (non-hydrogen) atoms. The van der Waals surface area contributed by atoms with Crippen LogP contribution in [0.2, 0.25) is 0 Å². The highest BCUT2D eigenvalue weighted by Gasteiger charge is 2.12. The van der Waals surface area contributed by atoms with Crippen molar-refractivity contribution in [3.05, 3.63) is 59.2 Å². The van der Waals surface area contributed by atoms with Gasteiger partial charge >= 0.3 is 0 Å². The summed E-state index contributed by atoms with van der Waals surface area (Å²) >= 11 is 1.87. The predicted molar refractivity (Wildman–Crippen MR) is 86.4 cm³/mol. The molecule has 1 aliphatic carbocycles. The fourth-order valence-corrected chi connectivity index (χ4v) is 3.88. The standard InChI is InChI=1S/C18H21NS/c1-13(19)11-16-5-2-3-8-18(16)20-17-10-9-14-6-4-7-15(14)12-17/h2-3,5,8-10,12-13H,4,6-7,11,19H2,1H3. The molecule has 0 fully saturated rings. The Hall–Kier alpha value is -1.25. The number of hydrogen-bond donors (Lipinski definition) is 1. The first-order valence-electron chi connectivity index (χ1n) is 7.35. The molecule has 0 heterocycles. The Morgan fingerprint density at radius 3 is 2.75 bits per heavy atom. The van der Waals surface area contributed by atoms with E-state index in [9.17, 15) is 0 Å². The van der Waals surface area contributed by atoms with Gasteiger partial charge in [0.1, 0.15) is 0 Å². The molecule has 0 amide bonds. The van der Waals surface area contributed by atoms with Gasteiger partial charge in [-0.25, -0.2) is 0 Å². The fraction of sp³-hybridized carbons (Fsp3) is 0.333. The van der Waals surface area contributed by atoms with Crippen LogP contribution in [0, 0.1) is 0 Å². The van der Waals surface area contributed by atoms with Crippen LogP contribution in [0.5, 0.6) is 0 Å². The van der Waals surface area contributed by atoms with E-state index in [1.54, 1.807) is 11.1 Å². The van der Waals surface area contributed by atoms with Crippen molar-refractivity contribution in [2.45, 2.75) is 48.4 Å². The number of rotatable bonds is 4. The van der Waals surface area contributed by atoms with E-state index in [1.165, 1.54) is 34.6 Å². The largest absolute Gasteiger partial charge is 0.328 e. The molecule has 2 aromatic rings. The Bertz CT molecular complexity index is 604. The number of aryl methyl sites for hydroxylation is 2. The molecule has 2 aromatic carbocycles. The zero-order chi connectivity index (χ0) is 13.9. The van der Waals surface area contributed by atoms with Crippen LogP contribution in [-0.2, 0) is 19.3 Å². The molecule has 0 spiro atoms. The van der Waals surface area contributed by atoms with Gasteiger partial charge in [-0.1, -0.05) is 36.0 Å². The van der Waals surface area contributed by atoms with Crippen molar-refractivity contribution >= 4 is 11.8 Å². The van der Waals surface area contributed by atoms with Gasteiger partial charge in [0.05, 0.1) is 0 Å². The van der Waals surface area contributed by atoms with Gasteiger partial charge in [-0.2, -0.15) is 0 Å². The van der Waals surface area contributed by atoms with Gasteiger partial charge in [-0.05, 0) is 67.5 Å². The first-order chi connectivity index (χ1) is 9.72. The second-order valence-electron chi connectivity index (χ2n) is 5.68. The average Bonchev–Trinajstić information content (AvgIpc) is 2.88. The lowest BCUT2D eigenvalue weighted by Gasteiger charge is -2.12. The molecular weight excluding hydrogens is 262 g/mol. The third-order valence-electron chi connectivity index (χ3n) is 3.81. The van der Waals surface area contributed by atoms with E-state index in [-0.39, 0.29) is 6.04 Å². The number of benzene rings is 2. The van der Waals surface area contributed by atoms with Crippen molar-refractivity contribution in [2.24, 2.45) is 5.73 Å². The van der Waals surface area contributed by atoms with Gasteiger partial charge in [-0.3, -0.25) is 0 Å². The molecule has 0 saturated heterocycles. The summed E-state index contributed by atoms with van der Waals surface area (Å²) in [4.78, 5) is 2.69. The molecular formula is C18H21NS. The zero-order valence-corrected chi connectivity index (χ0v) is 12.7. The van der Waals surface area contributed by atoms with Gasteiger partial charge in [0.2, 0.25) is 0 Å². The lowest BCUT2D eigenvalue weighted by Crippen LogP contribution is -2.18. The van der Waals surface area contributed by atoms with Gasteiger partial charge in [0.15, 0.2) is 0 Å². The number of fused-ring (bicyclic) bond motifs is 1. The Labute approximate surface area is 125 Å². The highest BCUT2D eigenvalue weighted by Crippen LogP contribution is 2.34. The van der Waals surface area contributed by atoms with Crippen LogP contribution < -0.4 is 5.73 Å². The molecule has 0 bridgehead atoms. The van der Waals surface area contributed by atoms with Crippen LogP contribution in [0.3, 0.4) is 0 Å². The Balaban J connectivity index is 1.84. The van der Waals surface area contributed by atoms with Crippen molar-refractivity contribution in [2.75, 3.05) is 0 Å². The fourth-order valence-electron chi connectivity index (χ4n) is 2.86. The van der Waals surface area contributed by atoms with Crippen LogP contribution in [-0.4, -0.2) is 6.04 Å². The summed E-state index contributed by atoms with van der Waals surface area (Å²) in [6, 6.07) is 15.8. The maximum absolute atomic E-state index is 5.95. The van der Waals surface area contributed by atoms with Crippen molar-refractivity contribution in [3.8, 4) is 0 Å². The number of nitrogens with two attached hydrogens (primary N) is 1. The van der Waals surface area contributed by atoms with Crippen LogP contribution in [0.4, 0.5) is 0 Å². The zero-order valence-electron chi connectivity index (χ0n) is 11.9. The highest BCUT2D eigenvalue weighted by atomic mass is 32.2. The number of hydrogen-bond acceptors (Lipinski definition) is 2. The third-order valence-corrected chi connectivity index (χ3v) is 4.92. The minimum atomic E-state index is 0.205. The minimum Gasteiger partial charge on any atom is -0.328 e. The summed E-state index contributed by atoms with van der Waals surface area (Å²) in [6.45, 7) is 2.07. The second-order valence-corrected chi connectivity index (χ2v) is 6.79.